The van der Waals surface area contributed by atoms with Crippen molar-refractivity contribution in [3.8, 4) is 108 Å². The number of benzene rings is 9. The highest BCUT2D eigenvalue weighted by atomic mass is 15.0. The van der Waals surface area contributed by atoms with E-state index in [0.717, 1.165) is 100 Å². The lowest BCUT2D eigenvalue weighted by molar-refractivity contribution is 1.07. The van der Waals surface area contributed by atoms with Crippen molar-refractivity contribution in [3.05, 3.63) is 255 Å². The van der Waals surface area contributed by atoms with Crippen LogP contribution in [0.5, 0.6) is 0 Å². The molecule has 0 aliphatic carbocycles. The van der Waals surface area contributed by atoms with Crippen molar-refractivity contribution in [2.45, 2.75) is 0 Å². The smallest absolute Gasteiger partial charge is 0.164 e. The van der Waals surface area contributed by atoms with E-state index in [1.54, 1.807) is 0 Å². The molecule has 4 aromatic heterocycles. The van der Waals surface area contributed by atoms with Gasteiger partial charge in [-0.3, -0.25) is 0 Å². The minimum Gasteiger partial charge on any atom is -0.309 e. The Labute approximate surface area is 421 Å². The monoisotopic (exact) mass is 934 g/mol. The summed E-state index contributed by atoms with van der Waals surface area (Å²) in [5.41, 5.74) is 14.5. The number of aromatic nitrogens is 8. The molecule has 0 fully saturated rings. The Morgan fingerprint density at radius 3 is 1.03 bits per heavy atom. The molecule has 0 spiro atoms. The molecule has 8 nitrogen and oxygen atoms in total. The Balaban J connectivity index is 1.05. The third-order valence-electron chi connectivity index (χ3n) is 13.1. The molecule has 0 unspecified atom stereocenters. The number of para-hydroxylation sites is 1. The highest BCUT2D eigenvalue weighted by Crippen LogP contribution is 2.40. The zero-order chi connectivity index (χ0) is 48.5. The van der Waals surface area contributed by atoms with Crippen LogP contribution in [0, 0.1) is 0 Å². The molecule has 0 atom stereocenters. The van der Waals surface area contributed by atoms with Gasteiger partial charge < -0.3 is 4.57 Å². The van der Waals surface area contributed by atoms with Crippen molar-refractivity contribution in [2.24, 2.45) is 0 Å². The Bertz CT molecular complexity index is 3940. The van der Waals surface area contributed by atoms with E-state index >= 15 is 0 Å². The van der Waals surface area contributed by atoms with E-state index in [0.29, 0.717) is 29.1 Å². The van der Waals surface area contributed by atoms with Crippen LogP contribution in [0.15, 0.2) is 255 Å². The summed E-state index contributed by atoms with van der Waals surface area (Å²) >= 11 is 0. The SMILES string of the molecule is c1ccc(-c2cc(-c3ccccc3)nc(-c3ccc(-n4c5ccccc5c5cc(-c6nc(-c7ccccc7)nc(-c7ccccc7)n6)ccc54)c(-c4nc(-c5ccccc5)cc(-c5ccccc5)n4)c3)n2)cc1. The van der Waals surface area contributed by atoms with Gasteiger partial charge in [0.25, 0.3) is 0 Å². The Hall–Kier alpha value is -10.1. The maximum absolute atomic E-state index is 5.43. The van der Waals surface area contributed by atoms with Gasteiger partial charge in [-0.2, -0.15) is 0 Å². The Kier molecular flexibility index (Phi) is 11.0. The van der Waals surface area contributed by atoms with Crippen molar-refractivity contribution >= 4 is 21.8 Å². The fraction of sp³-hybridized carbons (Fsp3) is 0. The van der Waals surface area contributed by atoms with Crippen molar-refractivity contribution in [2.75, 3.05) is 0 Å². The molecule has 0 amide bonds. The van der Waals surface area contributed by atoms with Crippen LogP contribution in [0.3, 0.4) is 0 Å². The van der Waals surface area contributed by atoms with Gasteiger partial charge in [0.2, 0.25) is 0 Å². The van der Waals surface area contributed by atoms with Crippen molar-refractivity contribution in [1.82, 2.24) is 39.5 Å². The molecule has 0 aliphatic rings. The molecular weight excluding hydrogens is 893 g/mol. The number of hydrogen-bond acceptors (Lipinski definition) is 7. The zero-order valence-electron chi connectivity index (χ0n) is 39.3. The van der Waals surface area contributed by atoms with E-state index in [1.807, 2.05) is 133 Å². The molecular formula is C65H42N8. The van der Waals surface area contributed by atoms with Crippen LogP contribution >= 0.6 is 0 Å². The summed E-state index contributed by atoms with van der Waals surface area (Å²) in [7, 11) is 0. The molecule has 9 aromatic carbocycles. The van der Waals surface area contributed by atoms with Gasteiger partial charge in [-0.25, -0.2) is 34.9 Å². The summed E-state index contributed by atoms with van der Waals surface area (Å²) in [5, 5.41) is 2.12. The fourth-order valence-corrected chi connectivity index (χ4v) is 9.53. The van der Waals surface area contributed by atoms with Gasteiger partial charge in [-0.05, 0) is 54.6 Å². The average Bonchev–Trinajstić information content (AvgIpc) is 3.81. The molecule has 13 rings (SSSR count). The Morgan fingerprint density at radius 1 is 0.219 bits per heavy atom. The van der Waals surface area contributed by atoms with E-state index in [9.17, 15) is 0 Å². The summed E-state index contributed by atoms with van der Waals surface area (Å²) in [6, 6.07) is 86.9. The second-order valence-corrected chi connectivity index (χ2v) is 17.7. The third-order valence-corrected chi connectivity index (χ3v) is 13.1. The summed E-state index contributed by atoms with van der Waals surface area (Å²) in [6.45, 7) is 0. The Morgan fingerprint density at radius 2 is 0.562 bits per heavy atom. The third kappa shape index (κ3) is 8.39. The van der Waals surface area contributed by atoms with Crippen molar-refractivity contribution < 1.29 is 0 Å². The molecule has 0 saturated heterocycles. The summed E-state index contributed by atoms with van der Waals surface area (Å²) in [4.78, 5) is 36.6. The highest BCUT2D eigenvalue weighted by molar-refractivity contribution is 6.11. The van der Waals surface area contributed by atoms with Gasteiger partial charge in [-0.1, -0.05) is 200 Å². The normalized spacial score (nSPS) is 11.3. The van der Waals surface area contributed by atoms with Crippen LogP contribution in [0.4, 0.5) is 0 Å². The lowest BCUT2D eigenvalue weighted by Crippen LogP contribution is -2.03. The van der Waals surface area contributed by atoms with Gasteiger partial charge in [0.1, 0.15) is 0 Å². The molecule has 4 heterocycles. The van der Waals surface area contributed by atoms with Gasteiger partial charge in [0, 0.05) is 60.8 Å². The van der Waals surface area contributed by atoms with Crippen LogP contribution in [0.2, 0.25) is 0 Å². The molecule has 0 N–H and O–H groups in total. The molecule has 342 valence electrons. The molecule has 8 heteroatoms. The average molecular weight is 935 g/mol. The first-order valence-electron chi connectivity index (χ1n) is 24.2. The minimum absolute atomic E-state index is 0.564. The molecule has 0 saturated carbocycles. The van der Waals surface area contributed by atoms with Gasteiger partial charge in [0.05, 0.1) is 39.5 Å². The number of rotatable bonds is 10. The van der Waals surface area contributed by atoms with Crippen LogP contribution in [0.25, 0.3) is 129 Å². The van der Waals surface area contributed by atoms with E-state index < -0.39 is 0 Å². The van der Waals surface area contributed by atoms with Gasteiger partial charge in [0.15, 0.2) is 29.1 Å². The first kappa shape index (κ1) is 43.0. The van der Waals surface area contributed by atoms with Crippen LogP contribution in [0.1, 0.15) is 0 Å². The number of nitrogens with zero attached hydrogens (tertiary/aromatic N) is 8. The van der Waals surface area contributed by atoms with E-state index in [1.165, 1.54) is 0 Å². The largest absolute Gasteiger partial charge is 0.309 e. The minimum atomic E-state index is 0.564. The van der Waals surface area contributed by atoms with E-state index in [4.69, 9.17) is 34.9 Å². The summed E-state index contributed by atoms with van der Waals surface area (Å²) < 4.78 is 2.32. The van der Waals surface area contributed by atoms with Gasteiger partial charge in [-0.15, -0.1) is 0 Å². The highest BCUT2D eigenvalue weighted by Gasteiger charge is 2.22. The molecule has 0 aliphatic heterocycles. The molecule has 0 bridgehead atoms. The first-order chi connectivity index (χ1) is 36.2. The maximum Gasteiger partial charge on any atom is 0.164 e. The second kappa shape index (κ2) is 18.7. The lowest BCUT2D eigenvalue weighted by atomic mass is 10.0. The molecule has 73 heavy (non-hydrogen) atoms. The fourth-order valence-electron chi connectivity index (χ4n) is 9.53. The van der Waals surface area contributed by atoms with Crippen molar-refractivity contribution in [3.63, 3.8) is 0 Å². The van der Waals surface area contributed by atoms with E-state index in [-0.39, 0.29) is 0 Å². The predicted molar refractivity (Wildman–Crippen MR) is 294 cm³/mol. The quantitative estimate of drug-likeness (QED) is 0.135. The predicted octanol–water partition coefficient (Wildman–Crippen LogP) is 15.6. The standard InChI is InChI=1S/C65H42N8/c1-7-21-43(22-8-1)54-41-55(44-23-9-2-10-24-44)67-63(66-54)50-36-38-60(53(40-50)65-68-56(45-25-11-3-12-26-45)42-57(69-65)46-27-13-4-14-28-46)73-58-34-20-19-33-51(58)52-39-49(35-37-59(52)73)64-71-61(47-29-15-5-16-30-47)70-62(72-64)48-31-17-6-18-32-48/h1-42H. The second-order valence-electron chi connectivity index (χ2n) is 17.7. The zero-order valence-corrected chi connectivity index (χ0v) is 39.3. The van der Waals surface area contributed by atoms with Crippen LogP contribution in [-0.4, -0.2) is 39.5 Å². The number of hydrogen-bond donors (Lipinski definition) is 0. The molecule has 0 radical (unpaired) electrons. The van der Waals surface area contributed by atoms with Gasteiger partial charge >= 0.3 is 0 Å². The van der Waals surface area contributed by atoms with Crippen LogP contribution in [-0.2, 0) is 0 Å². The lowest BCUT2D eigenvalue weighted by Gasteiger charge is -2.17. The summed E-state index contributed by atoms with van der Waals surface area (Å²) in [5.74, 6) is 2.96. The first-order valence-corrected chi connectivity index (χ1v) is 24.2. The molecule has 13 aromatic rings. The van der Waals surface area contributed by atoms with Crippen molar-refractivity contribution in [1.29, 1.82) is 0 Å². The van der Waals surface area contributed by atoms with E-state index in [2.05, 4.69) is 126 Å². The van der Waals surface area contributed by atoms with Crippen LogP contribution < -0.4 is 0 Å². The maximum atomic E-state index is 5.43. The number of fused-ring (bicyclic) bond motifs is 3. The summed E-state index contributed by atoms with van der Waals surface area (Å²) in [6.07, 6.45) is 0. The topological polar surface area (TPSA) is 95.2 Å².